The molecule has 0 amide bonds. The third-order valence-corrected chi connectivity index (χ3v) is 3.86. The van der Waals surface area contributed by atoms with Crippen LogP contribution in [-0.4, -0.2) is 23.3 Å². The van der Waals surface area contributed by atoms with Crippen molar-refractivity contribution in [2.75, 3.05) is 0 Å². The Kier molecular flexibility index (Phi) is 12.3. The SMILES string of the molecule is CCC=CCCC=CC=CCC=CCC=CCC1OC1CCC(=O)O. The fourth-order valence-electron chi connectivity index (χ4n) is 2.39. The van der Waals surface area contributed by atoms with Gasteiger partial charge in [0.05, 0.1) is 12.2 Å². The van der Waals surface area contributed by atoms with Gasteiger partial charge in [0, 0.05) is 6.42 Å². The van der Waals surface area contributed by atoms with Crippen LogP contribution in [0.4, 0.5) is 0 Å². The van der Waals surface area contributed by atoms with Crippen LogP contribution in [0, 0.1) is 0 Å². The summed E-state index contributed by atoms with van der Waals surface area (Å²) >= 11 is 0. The molecular weight excluding hydrogens is 312 g/mol. The van der Waals surface area contributed by atoms with Crippen molar-refractivity contribution in [3.63, 3.8) is 0 Å². The van der Waals surface area contributed by atoms with Crippen molar-refractivity contribution in [3.05, 3.63) is 60.8 Å². The lowest BCUT2D eigenvalue weighted by Gasteiger charge is -1.89. The molecule has 1 saturated heterocycles. The molecule has 0 bridgehead atoms. The van der Waals surface area contributed by atoms with E-state index in [1.54, 1.807) is 0 Å². The van der Waals surface area contributed by atoms with Gasteiger partial charge in [-0.1, -0.05) is 67.7 Å². The van der Waals surface area contributed by atoms with Crippen LogP contribution in [0.2, 0.25) is 0 Å². The molecule has 1 fully saturated rings. The van der Waals surface area contributed by atoms with Crippen molar-refractivity contribution in [1.29, 1.82) is 0 Å². The molecule has 0 aromatic heterocycles. The zero-order valence-corrected chi connectivity index (χ0v) is 15.3. The zero-order valence-electron chi connectivity index (χ0n) is 15.3. The van der Waals surface area contributed by atoms with Crippen LogP contribution in [0.3, 0.4) is 0 Å². The second-order valence-electron chi connectivity index (χ2n) is 6.11. The van der Waals surface area contributed by atoms with Gasteiger partial charge in [-0.25, -0.2) is 0 Å². The lowest BCUT2D eigenvalue weighted by Crippen LogP contribution is -1.99. The van der Waals surface area contributed by atoms with Gasteiger partial charge in [-0.15, -0.1) is 0 Å². The Morgan fingerprint density at radius 2 is 1.56 bits per heavy atom. The van der Waals surface area contributed by atoms with Gasteiger partial charge in [-0.3, -0.25) is 4.79 Å². The molecule has 0 saturated carbocycles. The van der Waals surface area contributed by atoms with Gasteiger partial charge in [-0.2, -0.15) is 0 Å². The summed E-state index contributed by atoms with van der Waals surface area (Å²) in [5.41, 5.74) is 0. The summed E-state index contributed by atoms with van der Waals surface area (Å²) in [6.07, 6.45) is 28.9. The number of hydrogen-bond acceptors (Lipinski definition) is 2. The van der Waals surface area contributed by atoms with Crippen LogP contribution in [0.1, 0.15) is 58.3 Å². The largest absolute Gasteiger partial charge is 0.481 e. The predicted molar refractivity (Wildman–Crippen MR) is 105 cm³/mol. The van der Waals surface area contributed by atoms with E-state index in [-0.39, 0.29) is 18.6 Å². The lowest BCUT2D eigenvalue weighted by atomic mass is 10.1. The second kappa shape index (κ2) is 14.5. The Hall–Kier alpha value is -1.87. The summed E-state index contributed by atoms with van der Waals surface area (Å²) in [5.74, 6) is -0.747. The van der Waals surface area contributed by atoms with Crippen LogP contribution >= 0.6 is 0 Å². The van der Waals surface area contributed by atoms with Crippen LogP contribution in [0.15, 0.2) is 60.8 Å². The minimum atomic E-state index is -0.747. The fraction of sp³-hybridized carbons (Fsp3) is 0.500. The second-order valence-corrected chi connectivity index (χ2v) is 6.11. The number of ether oxygens (including phenoxy) is 1. The molecule has 3 nitrogen and oxygen atoms in total. The van der Waals surface area contributed by atoms with Crippen molar-refractivity contribution < 1.29 is 14.6 Å². The Morgan fingerprint density at radius 3 is 2.32 bits per heavy atom. The smallest absolute Gasteiger partial charge is 0.303 e. The fourth-order valence-corrected chi connectivity index (χ4v) is 2.39. The number of allylic oxidation sites excluding steroid dienone is 9. The number of rotatable bonds is 14. The van der Waals surface area contributed by atoms with Crippen LogP contribution < -0.4 is 0 Å². The third-order valence-electron chi connectivity index (χ3n) is 3.86. The highest BCUT2D eigenvalue weighted by Crippen LogP contribution is 2.29. The number of aliphatic carboxylic acids is 1. The summed E-state index contributed by atoms with van der Waals surface area (Å²) in [6, 6.07) is 0. The van der Waals surface area contributed by atoms with Crippen molar-refractivity contribution in [2.24, 2.45) is 0 Å². The molecule has 25 heavy (non-hydrogen) atoms. The quantitative estimate of drug-likeness (QED) is 0.189. The van der Waals surface area contributed by atoms with E-state index in [1.165, 1.54) is 0 Å². The van der Waals surface area contributed by atoms with Crippen molar-refractivity contribution in [3.8, 4) is 0 Å². The van der Waals surface area contributed by atoms with E-state index >= 15 is 0 Å². The van der Waals surface area contributed by atoms with E-state index < -0.39 is 5.97 Å². The highest BCUT2D eigenvalue weighted by molar-refractivity contribution is 5.66. The molecule has 3 heteroatoms. The van der Waals surface area contributed by atoms with Crippen molar-refractivity contribution in [2.45, 2.75) is 70.5 Å². The molecule has 1 rings (SSSR count). The molecule has 2 atom stereocenters. The van der Waals surface area contributed by atoms with E-state index in [0.717, 1.165) is 38.5 Å². The molecule has 0 aromatic carbocycles. The molecule has 1 aliphatic heterocycles. The number of epoxide rings is 1. The summed E-state index contributed by atoms with van der Waals surface area (Å²) in [4.78, 5) is 10.5. The monoisotopic (exact) mass is 344 g/mol. The van der Waals surface area contributed by atoms with Gasteiger partial charge in [0.2, 0.25) is 0 Å². The van der Waals surface area contributed by atoms with Crippen LogP contribution in [0.5, 0.6) is 0 Å². The van der Waals surface area contributed by atoms with Gasteiger partial charge < -0.3 is 9.84 Å². The van der Waals surface area contributed by atoms with E-state index in [2.05, 4.69) is 67.7 Å². The van der Waals surface area contributed by atoms with Gasteiger partial charge in [0.1, 0.15) is 0 Å². The molecule has 0 aliphatic carbocycles. The first-order chi connectivity index (χ1) is 12.2. The maximum atomic E-state index is 10.5. The summed E-state index contributed by atoms with van der Waals surface area (Å²) < 4.78 is 5.43. The molecule has 1 N–H and O–H groups in total. The lowest BCUT2D eigenvalue weighted by molar-refractivity contribution is -0.137. The summed E-state index contributed by atoms with van der Waals surface area (Å²) in [7, 11) is 0. The molecule has 1 heterocycles. The molecule has 1 aliphatic rings. The Labute approximate surface area is 152 Å². The molecule has 0 aromatic rings. The maximum Gasteiger partial charge on any atom is 0.303 e. The average Bonchev–Trinajstić information content (AvgIpc) is 3.35. The Bertz CT molecular complexity index is 497. The number of carboxylic acids is 1. The number of unbranched alkanes of at least 4 members (excludes halogenated alkanes) is 1. The maximum absolute atomic E-state index is 10.5. The highest BCUT2D eigenvalue weighted by atomic mass is 16.6. The average molecular weight is 344 g/mol. The first kappa shape index (κ1) is 21.2. The minimum Gasteiger partial charge on any atom is -0.481 e. The van der Waals surface area contributed by atoms with Crippen molar-refractivity contribution >= 4 is 5.97 Å². The van der Waals surface area contributed by atoms with Gasteiger partial charge in [0.15, 0.2) is 0 Å². The summed E-state index contributed by atoms with van der Waals surface area (Å²) in [5, 5.41) is 8.61. The Morgan fingerprint density at radius 1 is 0.880 bits per heavy atom. The number of hydrogen-bond donors (Lipinski definition) is 1. The molecule has 2 unspecified atom stereocenters. The molecular formula is C22H32O3. The number of carbonyl (C=O) groups is 1. The van der Waals surface area contributed by atoms with Gasteiger partial charge >= 0.3 is 5.97 Å². The highest BCUT2D eigenvalue weighted by Gasteiger charge is 2.37. The summed E-state index contributed by atoms with van der Waals surface area (Å²) in [6.45, 7) is 2.15. The third kappa shape index (κ3) is 13.1. The van der Waals surface area contributed by atoms with Gasteiger partial charge in [-0.05, 0) is 44.9 Å². The van der Waals surface area contributed by atoms with Gasteiger partial charge in [0.25, 0.3) is 0 Å². The topological polar surface area (TPSA) is 49.8 Å². The van der Waals surface area contributed by atoms with E-state index in [9.17, 15) is 4.79 Å². The molecule has 0 spiro atoms. The van der Waals surface area contributed by atoms with E-state index in [4.69, 9.17) is 9.84 Å². The zero-order chi connectivity index (χ0) is 18.2. The van der Waals surface area contributed by atoms with E-state index in [0.29, 0.717) is 6.42 Å². The first-order valence-electron chi connectivity index (χ1n) is 9.38. The van der Waals surface area contributed by atoms with E-state index in [1.807, 2.05) is 0 Å². The minimum absolute atomic E-state index is 0.150. The van der Waals surface area contributed by atoms with Crippen LogP contribution in [-0.2, 0) is 9.53 Å². The predicted octanol–water partition coefficient (Wildman–Crippen LogP) is 5.76. The first-order valence-corrected chi connectivity index (χ1v) is 9.38. The Balaban J connectivity index is 1.94. The normalized spacial score (nSPS) is 20.8. The number of carboxylic acid groups (broad SMARTS) is 1. The standard InChI is InChI=1S/C22H32O3/c1-2-3-4-5-6-7-8-9-10-11-12-13-14-15-16-17-20-21(25-20)18-19-22(23)24/h3-4,7-10,12-13,15-16,20-21H,2,5-6,11,14,17-19H2,1H3,(H,23,24). The molecule has 138 valence electrons. The van der Waals surface area contributed by atoms with Crippen molar-refractivity contribution in [1.82, 2.24) is 0 Å². The molecule has 0 radical (unpaired) electrons. The van der Waals surface area contributed by atoms with Crippen LogP contribution in [0.25, 0.3) is 0 Å².